The Balaban J connectivity index is 0.00000264. The molecule has 2 rings (SSSR count). The molecule has 7 heteroatoms. The van der Waals surface area contributed by atoms with E-state index in [9.17, 15) is 0 Å². The first kappa shape index (κ1) is 20.2. The number of nitrogens with zero attached hydrogens (tertiary/aromatic N) is 4. The monoisotopic (exact) mass is 434 g/mol. The lowest BCUT2D eigenvalue weighted by Gasteiger charge is -2.43. The molecular formula is C16H31IN6. The van der Waals surface area contributed by atoms with E-state index < -0.39 is 0 Å². The molecule has 1 saturated carbocycles. The molecule has 23 heavy (non-hydrogen) atoms. The maximum Gasteiger partial charge on any atom is 0.191 e. The first-order valence-corrected chi connectivity index (χ1v) is 8.40. The van der Waals surface area contributed by atoms with Crippen LogP contribution in [-0.2, 0) is 13.6 Å². The molecule has 0 aliphatic heterocycles. The molecule has 132 valence electrons. The van der Waals surface area contributed by atoms with Crippen molar-refractivity contribution in [1.29, 1.82) is 0 Å². The highest BCUT2D eigenvalue weighted by molar-refractivity contribution is 14.0. The maximum atomic E-state index is 4.63. The largest absolute Gasteiger partial charge is 0.357 e. The predicted molar refractivity (Wildman–Crippen MR) is 105 cm³/mol. The van der Waals surface area contributed by atoms with Crippen LogP contribution in [0.25, 0.3) is 0 Å². The molecule has 6 nitrogen and oxygen atoms in total. The van der Waals surface area contributed by atoms with Gasteiger partial charge in [0.1, 0.15) is 12.9 Å². The molecule has 1 aromatic heterocycles. The summed E-state index contributed by atoms with van der Waals surface area (Å²) >= 11 is 0. The molecule has 1 heterocycles. The van der Waals surface area contributed by atoms with Gasteiger partial charge in [0.2, 0.25) is 0 Å². The fourth-order valence-electron chi connectivity index (χ4n) is 3.21. The Labute approximate surface area is 157 Å². The van der Waals surface area contributed by atoms with Crippen molar-refractivity contribution in [2.24, 2.45) is 23.4 Å². The lowest BCUT2D eigenvalue weighted by molar-refractivity contribution is 0.104. The Morgan fingerprint density at radius 1 is 1.39 bits per heavy atom. The second-order valence-electron chi connectivity index (χ2n) is 6.86. The normalized spacial score (nSPS) is 16.7. The van der Waals surface area contributed by atoms with E-state index in [1.165, 1.54) is 25.7 Å². The number of aromatic nitrogens is 3. The molecule has 0 aromatic carbocycles. The van der Waals surface area contributed by atoms with Gasteiger partial charge in [-0.25, -0.2) is 4.99 Å². The van der Waals surface area contributed by atoms with Crippen LogP contribution in [0.1, 0.15) is 52.3 Å². The molecule has 0 saturated heterocycles. The zero-order chi connectivity index (χ0) is 16.0. The van der Waals surface area contributed by atoms with E-state index in [0.717, 1.165) is 30.8 Å². The highest BCUT2D eigenvalue weighted by Gasteiger charge is 2.37. The zero-order valence-electron chi connectivity index (χ0n) is 14.8. The Bertz CT molecular complexity index is 493. The summed E-state index contributed by atoms with van der Waals surface area (Å²) in [6, 6.07) is 0. The summed E-state index contributed by atoms with van der Waals surface area (Å²) < 4.78 is 1.90. The Hall–Kier alpha value is -0.860. The van der Waals surface area contributed by atoms with Gasteiger partial charge in [-0.3, -0.25) is 0 Å². The van der Waals surface area contributed by atoms with Crippen LogP contribution in [0.5, 0.6) is 0 Å². The van der Waals surface area contributed by atoms with Gasteiger partial charge in [0, 0.05) is 20.1 Å². The summed E-state index contributed by atoms with van der Waals surface area (Å²) in [5, 5.41) is 14.8. The Morgan fingerprint density at radius 3 is 2.61 bits per heavy atom. The lowest BCUT2D eigenvalue weighted by atomic mass is 9.64. The molecule has 1 aromatic rings. The molecule has 1 aliphatic rings. The molecule has 1 aliphatic carbocycles. The van der Waals surface area contributed by atoms with Crippen molar-refractivity contribution in [2.75, 3.05) is 13.1 Å². The van der Waals surface area contributed by atoms with Gasteiger partial charge >= 0.3 is 0 Å². The van der Waals surface area contributed by atoms with E-state index in [0.29, 0.717) is 12.0 Å². The van der Waals surface area contributed by atoms with E-state index in [1.807, 2.05) is 11.6 Å². The SMILES string of the molecule is CCNC(=NCc1nncn1C)NCC1(CC(C)C)CCC1.I. The van der Waals surface area contributed by atoms with E-state index >= 15 is 0 Å². The van der Waals surface area contributed by atoms with Crippen LogP contribution in [0, 0.1) is 11.3 Å². The molecule has 0 spiro atoms. The third-order valence-corrected chi connectivity index (χ3v) is 4.41. The van der Waals surface area contributed by atoms with Gasteiger partial charge < -0.3 is 15.2 Å². The number of aliphatic imine (C=N–C) groups is 1. The molecule has 0 unspecified atom stereocenters. The minimum absolute atomic E-state index is 0. The lowest BCUT2D eigenvalue weighted by Crippen LogP contribution is -2.47. The van der Waals surface area contributed by atoms with Gasteiger partial charge in [-0.05, 0) is 37.5 Å². The topological polar surface area (TPSA) is 67.1 Å². The van der Waals surface area contributed by atoms with Gasteiger partial charge in [-0.2, -0.15) is 0 Å². The van der Waals surface area contributed by atoms with Crippen molar-refractivity contribution in [3.8, 4) is 0 Å². The second-order valence-corrected chi connectivity index (χ2v) is 6.86. The summed E-state index contributed by atoms with van der Waals surface area (Å²) in [6.07, 6.45) is 7.03. The van der Waals surface area contributed by atoms with Gasteiger partial charge in [0.15, 0.2) is 11.8 Å². The molecule has 2 N–H and O–H groups in total. The number of halogens is 1. The summed E-state index contributed by atoms with van der Waals surface area (Å²) in [6.45, 7) is 9.13. The standard InChI is InChI=1S/C16H30N6.HI/c1-5-17-15(18-10-14-21-20-12-22(14)4)19-11-16(7-6-8-16)9-13(2)3;/h12-13H,5-11H2,1-4H3,(H2,17,18,19);1H. The number of aryl methyl sites for hydroxylation is 1. The fourth-order valence-corrected chi connectivity index (χ4v) is 3.21. The van der Waals surface area contributed by atoms with Crippen LogP contribution in [0.3, 0.4) is 0 Å². The Morgan fingerprint density at radius 2 is 2.13 bits per heavy atom. The molecule has 1 fully saturated rings. The van der Waals surface area contributed by atoms with Crippen LogP contribution in [0.4, 0.5) is 0 Å². The van der Waals surface area contributed by atoms with Gasteiger partial charge in [-0.15, -0.1) is 34.2 Å². The van der Waals surface area contributed by atoms with Crippen molar-refractivity contribution in [3.63, 3.8) is 0 Å². The third-order valence-electron chi connectivity index (χ3n) is 4.41. The van der Waals surface area contributed by atoms with Gasteiger partial charge in [0.05, 0.1) is 0 Å². The summed E-state index contributed by atoms with van der Waals surface area (Å²) in [4.78, 5) is 4.63. The van der Waals surface area contributed by atoms with Crippen molar-refractivity contribution < 1.29 is 0 Å². The molecular weight excluding hydrogens is 403 g/mol. The van der Waals surface area contributed by atoms with Crippen molar-refractivity contribution in [1.82, 2.24) is 25.4 Å². The Kier molecular flexibility index (Phi) is 8.28. The molecule has 0 radical (unpaired) electrons. The molecule has 0 atom stereocenters. The van der Waals surface area contributed by atoms with Crippen LogP contribution in [0.15, 0.2) is 11.3 Å². The predicted octanol–water partition coefficient (Wildman–Crippen LogP) is 2.70. The van der Waals surface area contributed by atoms with Crippen LogP contribution < -0.4 is 10.6 Å². The minimum Gasteiger partial charge on any atom is -0.357 e. The van der Waals surface area contributed by atoms with E-state index in [1.54, 1.807) is 6.33 Å². The van der Waals surface area contributed by atoms with Crippen LogP contribution in [0.2, 0.25) is 0 Å². The van der Waals surface area contributed by atoms with Crippen LogP contribution in [-0.4, -0.2) is 33.8 Å². The van der Waals surface area contributed by atoms with Gasteiger partial charge in [-0.1, -0.05) is 20.3 Å². The fraction of sp³-hybridized carbons (Fsp3) is 0.812. The molecule has 0 amide bonds. The maximum absolute atomic E-state index is 4.63. The van der Waals surface area contributed by atoms with Crippen LogP contribution >= 0.6 is 24.0 Å². The van der Waals surface area contributed by atoms with Gasteiger partial charge in [0.25, 0.3) is 0 Å². The second kappa shape index (κ2) is 9.44. The third kappa shape index (κ3) is 5.93. The first-order chi connectivity index (χ1) is 10.5. The quantitative estimate of drug-likeness (QED) is 0.394. The van der Waals surface area contributed by atoms with Crippen molar-refractivity contribution in [2.45, 2.75) is 53.0 Å². The number of rotatable bonds is 7. The van der Waals surface area contributed by atoms with Crippen molar-refractivity contribution in [3.05, 3.63) is 12.2 Å². The summed E-state index contributed by atoms with van der Waals surface area (Å²) in [5.74, 6) is 2.50. The average Bonchev–Trinajstić information content (AvgIpc) is 2.83. The number of guanidine groups is 1. The smallest absolute Gasteiger partial charge is 0.191 e. The number of hydrogen-bond acceptors (Lipinski definition) is 3. The van der Waals surface area contributed by atoms with E-state index in [-0.39, 0.29) is 24.0 Å². The number of hydrogen-bond donors (Lipinski definition) is 2. The number of nitrogens with one attached hydrogen (secondary N) is 2. The first-order valence-electron chi connectivity index (χ1n) is 8.40. The highest BCUT2D eigenvalue weighted by Crippen LogP contribution is 2.45. The van der Waals surface area contributed by atoms with Crippen molar-refractivity contribution >= 4 is 29.9 Å². The molecule has 0 bridgehead atoms. The summed E-state index contributed by atoms with van der Waals surface area (Å²) in [5.41, 5.74) is 0.467. The van der Waals surface area contributed by atoms with E-state index in [4.69, 9.17) is 0 Å². The minimum atomic E-state index is 0. The van der Waals surface area contributed by atoms with E-state index in [2.05, 4.69) is 46.6 Å². The summed E-state index contributed by atoms with van der Waals surface area (Å²) in [7, 11) is 1.94. The highest BCUT2D eigenvalue weighted by atomic mass is 127. The average molecular weight is 434 g/mol. The zero-order valence-corrected chi connectivity index (χ0v) is 17.1.